The van der Waals surface area contributed by atoms with Crippen molar-refractivity contribution in [1.29, 1.82) is 0 Å². The summed E-state index contributed by atoms with van der Waals surface area (Å²) >= 11 is 6.40. The minimum atomic E-state index is -1.25. The lowest BCUT2D eigenvalue weighted by Gasteiger charge is -2.37. The summed E-state index contributed by atoms with van der Waals surface area (Å²) in [5.41, 5.74) is 5.56. The first-order valence-electron chi connectivity index (χ1n) is 5.24. The van der Waals surface area contributed by atoms with E-state index in [0.29, 0.717) is 5.75 Å². The number of alkyl halides is 1. The Morgan fingerprint density at radius 1 is 1.50 bits per heavy atom. The third-order valence-electron chi connectivity index (χ3n) is 2.67. The predicted molar refractivity (Wildman–Crippen MR) is 82.7 cm³/mol. The molecule has 1 rings (SSSR count). The van der Waals surface area contributed by atoms with E-state index in [2.05, 4.69) is 31.9 Å². The molecule has 0 aromatic heterocycles. The number of ether oxygens (including phenoxy) is 1. The molecule has 0 radical (unpaired) electrons. The summed E-state index contributed by atoms with van der Waals surface area (Å²) in [5, 5.41) is 9.02. The van der Waals surface area contributed by atoms with Gasteiger partial charge in [-0.2, -0.15) is 0 Å². The monoisotopic (exact) mass is 375 g/mol. The molecule has 8 heteroatoms. The fourth-order valence-corrected chi connectivity index (χ4v) is 1.59. The van der Waals surface area contributed by atoms with Gasteiger partial charge in [0.05, 0.1) is 11.0 Å². The quantitative estimate of drug-likeness (QED) is 0.572. The molecule has 0 saturated carbocycles. The van der Waals surface area contributed by atoms with E-state index in [0.717, 1.165) is 4.47 Å². The Bertz CT molecular complexity index is 475. The number of carbonyl (C=O) groups is 1. The van der Waals surface area contributed by atoms with Crippen LogP contribution in [-0.4, -0.2) is 36.6 Å². The molecule has 18 heavy (non-hydrogen) atoms. The summed E-state index contributed by atoms with van der Waals surface area (Å²) in [6, 6.07) is 4.95. The van der Waals surface area contributed by atoms with Crippen molar-refractivity contribution in [2.24, 2.45) is 5.73 Å². The number of amides is 1. The highest BCUT2D eigenvalue weighted by Gasteiger charge is 2.39. The number of hydrogen-bond donors (Lipinski definition) is 2. The summed E-state index contributed by atoms with van der Waals surface area (Å²) in [7, 11) is 3.41. The average Bonchev–Trinajstić information content (AvgIpc) is 2.18. The van der Waals surface area contributed by atoms with Crippen LogP contribution in [0.15, 0.2) is 22.7 Å². The summed E-state index contributed by atoms with van der Waals surface area (Å²) in [5.74, 6) is -0.258. The van der Waals surface area contributed by atoms with Crippen LogP contribution in [0.3, 0.4) is 0 Å². The molecule has 1 amide bonds. The zero-order valence-corrected chi connectivity index (χ0v) is 13.5. The van der Waals surface area contributed by atoms with Crippen molar-refractivity contribution >= 4 is 53.5 Å². The van der Waals surface area contributed by atoms with Gasteiger partial charge in [-0.15, -0.1) is 0 Å². The lowest BCUT2D eigenvalue weighted by molar-refractivity contribution is 0.0471. The second-order valence-corrected chi connectivity index (χ2v) is 7.03. The van der Waals surface area contributed by atoms with Crippen molar-refractivity contribution in [3.05, 3.63) is 28.2 Å². The van der Waals surface area contributed by atoms with Gasteiger partial charge >= 0.3 is 0 Å². The lowest BCUT2D eigenvalue weighted by atomic mass is 9.62. The van der Waals surface area contributed by atoms with E-state index in [1.165, 1.54) is 0 Å². The van der Waals surface area contributed by atoms with Crippen LogP contribution >= 0.6 is 31.9 Å². The number of halogens is 2. The predicted octanol–water partition coefficient (Wildman–Crippen LogP) is -0.0498. The molecule has 1 aromatic carbocycles. The van der Waals surface area contributed by atoms with Gasteiger partial charge in [0.15, 0.2) is 15.7 Å². The van der Waals surface area contributed by atoms with E-state index in [4.69, 9.17) is 10.5 Å². The minimum absolute atomic E-state index is 0.259. The molecular weight excluding hydrogens is 364 g/mol. The number of benzene rings is 1. The average molecular weight is 377 g/mol. The highest BCUT2D eigenvalue weighted by atomic mass is 79.9. The maximum absolute atomic E-state index is 11.4. The highest BCUT2D eigenvalue weighted by molar-refractivity contribution is 9.10. The molecule has 4 nitrogen and oxygen atoms in total. The van der Waals surface area contributed by atoms with Crippen LogP contribution in [0.1, 0.15) is 17.3 Å². The maximum atomic E-state index is 11.4. The first kappa shape index (κ1) is 15.6. The Hall–Kier alpha value is -0.460. The van der Waals surface area contributed by atoms with Gasteiger partial charge in [0, 0.05) is 4.47 Å². The van der Waals surface area contributed by atoms with Gasteiger partial charge in [0.1, 0.15) is 10.3 Å². The first-order valence-corrected chi connectivity index (χ1v) is 6.83. The number of hydrogen-bond acceptors (Lipinski definition) is 3. The standard InChI is InChI=1S/C10H13B2Br2NO3/c1-9(14,17)10(11,12)18-7-3-2-5(13)4-6(7)8(15)16/h2-4,17H,11-12H2,1H3,(H2,15,16). The van der Waals surface area contributed by atoms with Crippen molar-refractivity contribution in [2.75, 3.05) is 0 Å². The molecule has 96 valence electrons. The molecule has 0 aliphatic heterocycles. The summed E-state index contributed by atoms with van der Waals surface area (Å²) in [6.45, 7) is 1.57. The lowest BCUT2D eigenvalue weighted by Crippen LogP contribution is -2.54. The van der Waals surface area contributed by atoms with Crippen LogP contribution in [0, 0.1) is 0 Å². The Labute approximate surface area is 124 Å². The fourth-order valence-electron chi connectivity index (χ4n) is 1.15. The number of rotatable bonds is 4. The Morgan fingerprint density at radius 2 is 2.06 bits per heavy atom. The highest BCUT2D eigenvalue weighted by Crippen LogP contribution is 2.31. The van der Waals surface area contributed by atoms with E-state index >= 15 is 0 Å². The van der Waals surface area contributed by atoms with Gasteiger partial charge < -0.3 is 15.6 Å². The molecule has 0 heterocycles. The maximum Gasteiger partial charge on any atom is 0.252 e. The molecule has 1 atom stereocenters. The summed E-state index contributed by atoms with van der Waals surface area (Å²) < 4.78 is 5.18. The topological polar surface area (TPSA) is 72.5 Å². The second-order valence-electron chi connectivity index (χ2n) is 4.57. The Kier molecular flexibility index (Phi) is 4.56. The molecule has 0 spiro atoms. The molecule has 0 fully saturated rings. The molecule has 0 aliphatic rings. The Balaban J connectivity index is 3.16. The van der Waals surface area contributed by atoms with Gasteiger partial charge in [-0.25, -0.2) is 0 Å². The smallest absolute Gasteiger partial charge is 0.252 e. The van der Waals surface area contributed by atoms with Crippen LogP contribution < -0.4 is 10.5 Å². The van der Waals surface area contributed by atoms with Crippen LogP contribution in [0.4, 0.5) is 0 Å². The van der Waals surface area contributed by atoms with Crippen LogP contribution in [0.5, 0.6) is 5.75 Å². The summed E-state index contributed by atoms with van der Waals surface area (Å²) in [6.07, 6.45) is 0. The van der Waals surface area contributed by atoms with E-state index in [1.807, 2.05) is 0 Å². The molecule has 0 bridgehead atoms. The minimum Gasteiger partial charge on any atom is -0.501 e. The van der Waals surface area contributed by atoms with Crippen molar-refractivity contribution in [3.8, 4) is 5.75 Å². The van der Waals surface area contributed by atoms with Gasteiger partial charge in [0.2, 0.25) is 0 Å². The van der Waals surface area contributed by atoms with E-state index in [1.54, 1.807) is 40.8 Å². The fraction of sp³-hybridized carbons (Fsp3) is 0.300. The third kappa shape index (κ3) is 3.52. The molecular formula is C10H13B2Br2NO3. The van der Waals surface area contributed by atoms with Gasteiger partial charge in [-0.1, -0.05) is 31.9 Å². The van der Waals surface area contributed by atoms with E-state index < -0.39 is 15.8 Å². The molecule has 1 unspecified atom stereocenters. The largest absolute Gasteiger partial charge is 0.501 e. The van der Waals surface area contributed by atoms with Gasteiger partial charge in [0.25, 0.3) is 5.91 Å². The number of aliphatic hydroxyl groups is 1. The number of nitrogens with two attached hydrogens (primary N) is 1. The third-order valence-corrected chi connectivity index (χ3v) is 4.12. The SMILES string of the molecule is BC(B)(Oc1ccc(Br)cc1C(N)=O)C(C)(O)Br. The number of primary amides is 1. The van der Waals surface area contributed by atoms with Gasteiger partial charge in [-0.05, 0) is 25.1 Å². The van der Waals surface area contributed by atoms with Crippen molar-refractivity contribution in [2.45, 2.75) is 16.8 Å². The Morgan fingerprint density at radius 3 is 2.50 bits per heavy atom. The molecule has 0 saturated heterocycles. The zero-order valence-electron chi connectivity index (χ0n) is 10.3. The number of carbonyl (C=O) groups excluding carboxylic acids is 1. The van der Waals surface area contributed by atoms with Crippen LogP contribution in [-0.2, 0) is 0 Å². The second kappa shape index (κ2) is 5.27. The summed E-state index contributed by atoms with van der Waals surface area (Å²) in [4.78, 5) is 11.4. The van der Waals surface area contributed by atoms with Gasteiger partial charge in [-0.3, -0.25) is 4.79 Å². The van der Waals surface area contributed by atoms with E-state index in [9.17, 15) is 9.90 Å². The van der Waals surface area contributed by atoms with Crippen LogP contribution in [0.25, 0.3) is 0 Å². The van der Waals surface area contributed by atoms with Crippen molar-refractivity contribution in [3.63, 3.8) is 0 Å². The van der Waals surface area contributed by atoms with Crippen molar-refractivity contribution in [1.82, 2.24) is 0 Å². The van der Waals surface area contributed by atoms with E-state index in [-0.39, 0.29) is 5.56 Å². The van der Waals surface area contributed by atoms with Crippen molar-refractivity contribution < 1.29 is 14.6 Å². The molecule has 3 N–H and O–H groups in total. The molecule has 0 aliphatic carbocycles. The van der Waals surface area contributed by atoms with Crippen LogP contribution in [0.2, 0.25) is 0 Å². The normalized spacial score (nSPS) is 14.9. The first-order chi connectivity index (χ1) is 8.04. The molecule has 1 aromatic rings. The zero-order chi connectivity index (χ0) is 14.1.